The molecule has 4 rings (SSSR count). The van der Waals surface area contributed by atoms with E-state index in [-0.39, 0.29) is 5.75 Å². The van der Waals surface area contributed by atoms with Crippen molar-refractivity contribution in [1.29, 1.82) is 0 Å². The first-order valence-corrected chi connectivity index (χ1v) is 9.08. The van der Waals surface area contributed by atoms with E-state index in [1.165, 1.54) is 0 Å². The molecule has 0 aliphatic heterocycles. The quantitative estimate of drug-likeness (QED) is 0.455. The van der Waals surface area contributed by atoms with E-state index in [1.807, 2.05) is 42.5 Å². The van der Waals surface area contributed by atoms with Gasteiger partial charge >= 0.3 is 0 Å². The lowest BCUT2D eigenvalue weighted by Gasteiger charge is -2.22. The van der Waals surface area contributed by atoms with Gasteiger partial charge in [0, 0.05) is 28.4 Å². The third kappa shape index (κ3) is 3.54. The Morgan fingerprint density at radius 2 is 1.74 bits per heavy atom. The summed E-state index contributed by atoms with van der Waals surface area (Å²) in [4.78, 5) is 8.63. The summed E-state index contributed by atoms with van der Waals surface area (Å²) < 4.78 is 0. The van der Waals surface area contributed by atoms with Crippen molar-refractivity contribution in [1.82, 2.24) is 9.97 Å². The zero-order valence-electron chi connectivity index (χ0n) is 14.1. The molecule has 2 aromatic heterocycles. The van der Waals surface area contributed by atoms with E-state index in [9.17, 15) is 5.11 Å². The van der Waals surface area contributed by atoms with Crippen molar-refractivity contribution in [2.75, 3.05) is 5.32 Å². The summed E-state index contributed by atoms with van der Waals surface area (Å²) in [5, 5.41) is 16.1. The Kier molecular flexibility index (Phi) is 4.84. The van der Waals surface area contributed by atoms with Crippen molar-refractivity contribution >= 4 is 39.9 Å². The second-order valence-electron chi connectivity index (χ2n) is 6.04. The predicted molar refractivity (Wildman–Crippen MR) is 110 cm³/mol. The first-order valence-electron chi connectivity index (χ1n) is 8.32. The van der Waals surface area contributed by atoms with Crippen molar-refractivity contribution in [2.45, 2.75) is 6.04 Å². The molecule has 0 amide bonds. The minimum atomic E-state index is -0.414. The third-order valence-corrected chi connectivity index (χ3v) is 4.84. The molecule has 2 aromatic carbocycles. The topological polar surface area (TPSA) is 58.0 Å². The summed E-state index contributed by atoms with van der Waals surface area (Å²) in [5.74, 6) is 0.738. The lowest BCUT2D eigenvalue weighted by atomic mass is 9.96. The molecular weight excluding hydrogens is 381 g/mol. The molecular formula is C21H15Cl2N3O. The van der Waals surface area contributed by atoms with Crippen molar-refractivity contribution in [3.63, 3.8) is 0 Å². The number of benzene rings is 2. The van der Waals surface area contributed by atoms with Gasteiger partial charge in [0.2, 0.25) is 0 Å². The van der Waals surface area contributed by atoms with Crippen molar-refractivity contribution in [3.8, 4) is 5.75 Å². The van der Waals surface area contributed by atoms with E-state index in [2.05, 4.69) is 15.3 Å². The number of aromatic hydroxyl groups is 1. The van der Waals surface area contributed by atoms with Crippen molar-refractivity contribution in [2.24, 2.45) is 0 Å². The average Bonchev–Trinajstić information content (AvgIpc) is 2.70. The van der Waals surface area contributed by atoms with Gasteiger partial charge in [-0.1, -0.05) is 41.4 Å². The first-order chi connectivity index (χ1) is 13.1. The molecule has 0 saturated heterocycles. The van der Waals surface area contributed by atoms with Crippen LogP contribution in [-0.2, 0) is 0 Å². The molecule has 0 spiro atoms. The molecule has 27 heavy (non-hydrogen) atoms. The van der Waals surface area contributed by atoms with Crippen LogP contribution >= 0.6 is 23.2 Å². The van der Waals surface area contributed by atoms with Gasteiger partial charge in [-0.2, -0.15) is 0 Å². The van der Waals surface area contributed by atoms with Gasteiger partial charge in [0.1, 0.15) is 17.1 Å². The molecule has 2 heterocycles. The van der Waals surface area contributed by atoms with Crippen LogP contribution in [-0.4, -0.2) is 15.1 Å². The number of phenols is 1. The largest absolute Gasteiger partial charge is 0.505 e. The molecule has 0 aliphatic rings. The van der Waals surface area contributed by atoms with Crippen LogP contribution in [0.15, 0.2) is 73.1 Å². The molecule has 0 aliphatic carbocycles. The number of aromatic nitrogens is 2. The summed E-state index contributed by atoms with van der Waals surface area (Å²) in [6.45, 7) is 0. The Labute approximate surface area is 166 Å². The minimum absolute atomic E-state index is 0.0726. The second kappa shape index (κ2) is 7.43. The van der Waals surface area contributed by atoms with Gasteiger partial charge in [-0.25, -0.2) is 4.98 Å². The monoisotopic (exact) mass is 395 g/mol. The van der Waals surface area contributed by atoms with Crippen LogP contribution in [0.2, 0.25) is 10.0 Å². The average molecular weight is 396 g/mol. The van der Waals surface area contributed by atoms with Crippen LogP contribution in [0.25, 0.3) is 10.9 Å². The summed E-state index contributed by atoms with van der Waals surface area (Å²) in [7, 11) is 0. The van der Waals surface area contributed by atoms with Gasteiger partial charge in [0.15, 0.2) is 0 Å². The number of hydrogen-bond donors (Lipinski definition) is 2. The highest BCUT2D eigenvalue weighted by Crippen LogP contribution is 2.39. The van der Waals surface area contributed by atoms with Gasteiger partial charge in [-0.3, -0.25) is 4.98 Å². The highest BCUT2D eigenvalue weighted by Gasteiger charge is 2.22. The molecule has 134 valence electrons. The molecule has 1 atom stereocenters. The second-order valence-corrected chi connectivity index (χ2v) is 6.89. The molecule has 4 nitrogen and oxygen atoms in total. The van der Waals surface area contributed by atoms with Crippen LogP contribution in [0.3, 0.4) is 0 Å². The molecule has 6 heteroatoms. The molecule has 2 N–H and O–H groups in total. The number of rotatable bonds is 4. The van der Waals surface area contributed by atoms with Crippen LogP contribution in [0.5, 0.6) is 5.75 Å². The minimum Gasteiger partial charge on any atom is -0.505 e. The van der Waals surface area contributed by atoms with Gasteiger partial charge in [0.05, 0.1) is 11.1 Å². The van der Waals surface area contributed by atoms with Crippen LogP contribution in [0.4, 0.5) is 5.82 Å². The van der Waals surface area contributed by atoms with E-state index < -0.39 is 6.04 Å². The van der Waals surface area contributed by atoms with E-state index >= 15 is 0 Å². The maximum Gasteiger partial charge on any atom is 0.147 e. The molecule has 0 saturated carbocycles. The Hall–Kier alpha value is -2.82. The number of nitrogens with zero attached hydrogens (tertiary/aromatic N) is 2. The van der Waals surface area contributed by atoms with E-state index in [4.69, 9.17) is 23.2 Å². The third-order valence-electron chi connectivity index (χ3n) is 4.30. The fourth-order valence-electron chi connectivity index (χ4n) is 3.05. The Bertz CT molecular complexity index is 1100. The van der Waals surface area contributed by atoms with Gasteiger partial charge in [-0.05, 0) is 48.0 Å². The normalized spacial score (nSPS) is 12.1. The van der Waals surface area contributed by atoms with E-state index in [0.29, 0.717) is 32.3 Å². The smallest absolute Gasteiger partial charge is 0.147 e. The number of anilines is 1. The summed E-state index contributed by atoms with van der Waals surface area (Å²) in [5.41, 5.74) is 1.92. The van der Waals surface area contributed by atoms with Crippen LogP contribution in [0.1, 0.15) is 17.2 Å². The van der Waals surface area contributed by atoms with Crippen molar-refractivity contribution < 1.29 is 5.11 Å². The maximum atomic E-state index is 10.9. The van der Waals surface area contributed by atoms with Crippen LogP contribution < -0.4 is 5.32 Å². The lowest BCUT2D eigenvalue weighted by molar-refractivity contribution is 0.471. The lowest BCUT2D eigenvalue weighted by Crippen LogP contribution is -2.14. The highest BCUT2D eigenvalue weighted by molar-refractivity contribution is 6.35. The molecule has 0 bridgehead atoms. The van der Waals surface area contributed by atoms with Gasteiger partial charge in [-0.15, -0.1) is 0 Å². The fourth-order valence-corrected chi connectivity index (χ4v) is 3.52. The van der Waals surface area contributed by atoms with Gasteiger partial charge < -0.3 is 10.4 Å². The zero-order valence-corrected chi connectivity index (χ0v) is 15.6. The molecule has 0 fully saturated rings. The van der Waals surface area contributed by atoms with Crippen LogP contribution in [0, 0.1) is 0 Å². The Morgan fingerprint density at radius 3 is 2.52 bits per heavy atom. The summed E-state index contributed by atoms with van der Waals surface area (Å²) in [6.07, 6.45) is 3.33. The predicted octanol–water partition coefficient (Wildman–Crippen LogP) is 5.84. The zero-order chi connectivity index (χ0) is 18.8. The standard InChI is InChI=1S/C21H15Cl2N3O/c22-14-6-3-5-13(11-14)19(26-18-8-1-2-9-24-18)16-12-17(23)15-7-4-10-25-20(15)21(16)27/h1-12,19,27H,(H,24,26). The summed E-state index contributed by atoms with van der Waals surface area (Å²) >= 11 is 12.7. The first kappa shape index (κ1) is 17.6. The Morgan fingerprint density at radius 1 is 0.889 bits per heavy atom. The number of fused-ring (bicyclic) bond motifs is 1. The molecule has 1 unspecified atom stereocenters. The van der Waals surface area contributed by atoms with Crippen molar-refractivity contribution in [3.05, 3.63) is 94.2 Å². The SMILES string of the molecule is Oc1c(C(Nc2ccccn2)c2cccc(Cl)c2)cc(Cl)c2cccnc12. The number of phenolic OH excluding ortho intramolecular Hbond substituents is 1. The van der Waals surface area contributed by atoms with Gasteiger partial charge in [0.25, 0.3) is 0 Å². The van der Waals surface area contributed by atoms with E-state index in [0.717, 1.165) is 5.56 Å². The number of pyridine rings is 2. The molecule has 4 aromatic rings. The molecule has 0 radical (unpaired) electrons. The number of nitrogens with one attached hydrogen (secondary N) is 1. The Balaban J connectivity index is 1.91. The maximum absolute atomic E-state index is 10.9. The number of hydrogen-bond acceptors (Lipinski definition) is 4. The summed E-state index contributed by atoms with van der Waals surface area (Å²) in [6, 6.07) is 18.0. The van der Waals surface area contributed by atoms with E-state index in [1.54, 1.807) is 30.6 Å². The highest BCUT2D eigenvalue weighted by atomic mass is 35.5. The number of halogens is 2. The fraction of sp³-hybridized carbons (Fsp3) is 0.0476.